The molecule has 1 fully saturated rings. The van der Waals surface area contributed by atoms with Gasteiger partial charge in [0.1, 0.15) is 0 Å². The van der Waals surface area contributed by atoms with Gasteiger partial charge in [0.2, 0.25) is 6.10 Å². The Bertz CT molecular complexity index is 233. The van der Waals surface area contributed by atoms with Crippen LogP contribution in [0.1, 0.15) is 12.8 Å². The van der Waals surface area contributed by atoms with Crippen molar-refractivity contribution >= 4 is 0 Å². The first-order valence-corrected chi connectivity index (χ1v) is 5.08. The van der Waals surface area contributed by atoms with Gasteiger partial charge in [0.05, 0.1) is 6.61 Å². The Labute approximate surface area is 94.3 Å². The van der Waals surface area contributed by atoms with Crippen LogP contribution in [0, 0.1) is 5.92 Å². The molecule has 1 unspecified atom stereocenters. The number of nitrogens with one attached hydrogen (secondary N) is 1. The summed E-state index contributed by atoms with van der Waals surface area (Å²) in [7, 11) is 1.49. The Balaban J connectivity index is 2.54. The maximum absolute atomic E-state index is 12.1. The second-order valence-corrected chi connectivity index (χ2v) is 4.03. The lowest BCUT2D eigenvalue weighted by atomic mass is 10.2. The zero-order valence-corrected chi connectivity index (χ0v) is 9.03. The molecular formula is C9H13F6NO. The lowest BCUT2D eigenvalue weighted by molar-refractivity contribution is -0.322. The molecule has 8 heteroatoms. The van der Waals surface area contributed by atoms with E-state index in [9.17, 15) is 26.3 Å². The number of hydrogen-bond donors (Lipinski definition) is 1. The van der Waals surface area contributed by atoms with Crippen LogP contribution in [0.3, 0.4) is 0 Å². The predicted molar refractivity (Wildman–Crippen MR) is 47.4 cm³/mol. The van der Waals surface area contributed by atoms with Crippen molar-refractivity contribution in [3.05, 3.63) is 0 Å². The number of likely N-dealkylation sites (N-methyl/N-ethyl adjacent to an activating group) is 1. The normalized spacial score (nSPS) is 19.8. The molecule has 0 amide bonds. The molecule has 0 aromatic carbocycles. The van der Waals surface area contributed by atoms with Crippen LogP contribution in [-0.4, -0.2) is 38.2 Å². The number of ether oxygens (including phenoxy) is 1. The van der Waals surface area contributed by atoms with Crippen LogP contribution in [0.15, 0.2) is 0 Å². The quantitative estimate of drug-likeness (QED) is 0.771. The van der Waals surface area contributed by atoms with Gasteiger partial charge in [-0.3, -0.25) is 0 Å². The van der Waals surface area contributed by atoms with E-state index in [0.29, 0.717) is 0 Å². The lowest BCUT2D eigenvalue weighted by Crippen LogP contribution is -2.47. The number of halogens is 6. The molecule has 1 N–H and O–H groups in total. The number of alkyl halides is 6. The predicted octanol–water partition coefficient (Wildman–Crippen LogP) is 2.49. The highest BCUT2D eigenvalue weighted by Gasteiger charge is 2.58. The van der Waals surface area contributed by atoms with Crippen molar-refractivity contribution in [2.45, 2.75) is 37.3 Å². The first-order chi connectivity index (χ1) is 7.66. The van der Waals surface area contributed by atoms with Gasteiger partial charge in [-0.05, 0) is 25.8 Å². The summed E-state index contributed by atoms with van der Waals surface area (Å²) in [4.78, 5) is 0. The summed E-state index contributed by atoms with van der Waals surface area (Å²) in [5.74, 6) is 0.113. The van der Waals surface area contributed by atoms with Crippen LogP contribution >= 0.6 is 0 Å². The van der Waals surface area contributed by atoms with Crippen LogP contribution in [0.25, 0.3) is 0 Å². The third kappa shape index (κ3) is 4.34. The standard InChI is InChI=1S/C9H13F6NO/c1-16-6(5-2-3-5)4-17-7(8(10,11)12)9(13,14)15/h5-7,16H,2-4H2,1H3. The molecule has 0 saturated heterocycles. The molecule has 0 heterocycles. The fraction of sp³-hybridized carbons (Fsp3) is 1.00. The van der Waals surface area contributed by atoms with Crippen LogP contribution in [0.5, 0.6) is 0 Å². The molecule has 0 aromatic rings. The van der Waals surface area contributed by atoms with Gasteiger partial charge >= 0.3 is 12.4 Å². The van der Waals surface area contributed by atoms with Gasteiger partial charge < -0.3 is 10.1 Å². The lowest BCUT2D eigenvalue weighted by Gasteiger charge is -2.25. The van der Waals surface area contributed by atoms with E-state index in [2.05, 4.69) is 10.1 Å². The van der Waals surface area contributed by atoms with E-state index >= 15 is 0 Å². The Morgan fingerprint density at radius 2 is 1.59 bits per heavy atom. The molecule has 17 heavy (non-hydrogen) atoms. The third-order valence-electron chi connectivity index (χ3n) is 2.60. The van der Waals surface area contributed by atoms with E-state index in [1.54, 1.807) is 0 Å². The van der Waals surface area contributed by atoms with Crippen molar-refractivity contribution in [2.75, 3.05) is 13.7 Å². The smallest absolute Gasteiger partial charge is 0.359 e. The van der Waals surface area contributed by atoms with E-state index in [1.807, 2.05) is 0 Å². The van der Waals surface area contributed by atoms with Crippen LogP contribution in [0.2, 0.25) is 0 Å². The molecule has 2 nitrogen and oxygen atoms in total. The summed E-state index contributed by atoms with van der Waals surface area (Å²) in [6.07, 6.45) is -13.0. The van der Waals surface area contributed by atoms with Crippen LogP contribution in [0.4, 0.5) is 26.3 Å². The molecule has 1 rings (SSSR count). The van der Waals surface area contributed by atoms with E-state index in [0.717, 1.165) is 12.8 Å². The molecule has 0 bridgehead atoms. The maximum atomic E-state index is 12.1. The summed E-state index contributed by atoms with van der Waals surface area (Å²) in [5, 5.41) is 2.66. The molecule has 1 saturated carbocycles. The van der Waals surface area contributed by atoms with E-state index < -0.39 is 31.1 Å². The Morgan fingerprint density at radius 1 is 1.12 bits per heavy atom. The largest absolute Gasteiger partial charge is 0.423 e. The second kappa shape index (κ2) is 5.01. The molecule has 102 valence electrons. The van der Waals surface area contributed by atoms with Gasteiger partial charge in [-0.2, -0.15) is 26.3 Å². The molecule has 1 atom stereocenters. The Morgan fingerprint density at radius 3 is 1.88 bits per heavy atom. The summed E-state index contributed by atoms with van der Waals surface area (Å²) in [6.45, 7) is -0.592. The minimum Gasteiger partial charge on any atom is -0.359 e. The van der Waals surface area contributed by atoms with Gasteiger partial charge in [0, 0.05) is 6.04 Å². The topological polar surface area (TPSA) is 21.3 Å². The number of hydrogen-bond acceptors (Lipinski definition) is 2. The molecule has 0 aromatic heterocycles. The van der Waals surface area contributed by atoms with Crippen molar-refractivity contribution in [3.8, 4) is 0 Å². The second-order valence-electron chi connectivity index (χ2n) is 4.03. The van der Waals surface area contributed by atoms with E-state index in [-0.39, 0.29) is 5.92 Å². The first-order valence-electron chi connectivity index (χ1n) is 5.08. The molecule has 0 aliphatic heterocycles. The Kier molecular flexibility index (Phi) is 4.29. The molecule has 1 aliphatic rings. The minimum atomic E-state index is -5.43. The highest BCUT2D eigenvalue weighted by Crippen LogP contribution is 2.37. The zero-order chi connectivity index (χ0) is 13.3. The third-order valence-corrected chi connectivity index (χ3v) is 2.60. The highest BCUT2D eigenvalue weighted by molar-refractivity contribution is 4.86. The van der Waals surface area contributed by atoms with E-state index in [4.69, 9.17) is 0 Å². The average Bonchev–Trinajstić information content (AvgIpc) is 2.91. The average molecular weight is 265 g/mol. The zero-order valence-electron chi connectivity index (χ0n) is 9.03. The van der Waals surface area contributed by atoms with Gasteiger partial charge in [-0.1, -0.05) is 0 Å². The summed E-state index contributed by atoms with van der Waals surface area (Å²) >= 11 is 0. The van der Waals surface area contributed by atoms with Crippen molar-refractivity contribution < 1.29 is 31.1 Å². The first kappa shape index (κ1) is 14.6. The van der Waals surface area contributed by atoms with Crippen LogP contribution in [-0.2, 0) is 4.74 Å². The van der Waals surface area contributed by atoms with Crippen molar-refractivity contribution in [2.24, 2.45) is 5.92 Å². The molecule has 0 spiro atoms. The van der Waals surface area contributed by atoms with Gasteiger partial charge in [0.25, 0.3) is 0 Å². The summed E-state index contributed by atoms with van der Waals surface area (Å²) in [6, 6.07) is -0.456. The summed E-state index contributed by atoms with van der Waals surface area (Å²) in [5.41, 5.74) is 0. The van der Waals surface area contributed by atoms with Gasteiger partial charge in [-0.25, -0.2) is 0 Å². The number of rotatable bonds is 5. The van der Waals surface area contributed by atoms with E-state index in [1.165, 1.54) is 7.05 Å². The van der Waals surface area contributed by atoms with Crippen LogP contribution < -0.4 is 5.32 Å². The van der Waals surface area contributed by atoms with Crippen molar-refractivity contribution in [1.82, 2.24) is 5.32 Å². The Hall–Kier alpha value is -0.500. The maximum Gasteiger partial charge on any atom is 0.423 e. The van der Waals surface area contributed by atoms with Gasteiger partial charge in [-0.15, -0.1) is 0 Å². The SMILES string of the molecule is CNC(COC(C(F)(F)F)C(F)(F)F)C1CC1. The fourth-order valence-corrected chi connectivity index (χ4v) is 1.53. The summed E-state index contributed by atoms with van der Waals surface area (Å²) < 4.78 is 76.7. The van der Waals surface area contributed by atoms with Crippen molar-refractivity contribution in [3.63, 3.8) is 0 Å². The molecular weight excluding hydrogens is 252 g/mol. The molecule has 0 radical (unpaired) electrons. The minimum absolute atomic E-state index is 0.113. The molecule has 1 aliphatic carbocycles. The monoisotopic (exact) mass is 265 g/mol. The highest BCUT2D eigenvalue weighted by atomic mass is 19.4. The van der Waals surface area contributed by atoms with Crippen molar-refractivity contribution in [1.29, 1.82) is 0 Å². The fourth-order valence-electron chi connectivity index (χ4n) is 1.53. The van der Waals surface area contributed by atoms with Gasteiger partial charge in [0.15, 0.2) is 0 Å².